The van der Waals surface area contributed by atoms with Gasteiger partial charge in [0, 0.05) is 13.1 Å². The van der Waals surface area contributed by atoms with E-state index in [9.17, 15) is 12.8 Å². The van der Waals surface area contributed by atoms with Crippen molar-refractivity contribution in [1.29, 1.82) is 0 Å². The maximum absolute atomic E-state index is 13.7. The molecule has 0 heterocycles. The van der Waals surface area contributed by atoms with Crippen molar-refractivity contribution in [2.45, 2.75) is 30.7 Å². The molecule has 0 bridgehead atoms. The second-order valence-corrected chi connectivity index (χ2v) is 7.47. The van der Waals surface area contributed by atoms with Crippen LogP contribution in [0, 0.1) is 5.82 Å². The van der Waals surface area contributed by atoms with E-state index >= 15 is 0 Å². The fraction of sp³-hybridized carbons (Fsp3) is 0.571. The van der Waals surface area contributed by atoms with Gasteiger partial charge in [-0.25, -0.2) is 17.5 Å². The van der Waals surface area contributed by atoms with E-state index in [0.717, 1.165) is 30.6 Å². The van der Waals surface area contributed by atoms with Crippen LogP contribution in [-0.4, -0.2) is 34.0 Å². The lowest BCUT2D eigenvalue weighted by Crippen LogP contribution is -2.26. The Labute approximate surface area is 131 Å². The van der Waals surface area contributed by atoms with Crippen LogP contribution in [0.3, 0.4) is 0 Å². The summed E-state index contributed by atoms with van der Waals surface area (Å²) < 4.78 is 40.5. The summed E-state index contributed by atoms with van der Waals surface area (Å²) in [7, 11) is -2.03. The lowest BCUT2D eigenvalue weighted by atomic mass is 10.2. The molecule has 0 spiro atoms. The normalized spacial score (nSPS) is 11.8. The van der Waals surface area contributed by atoms with E-state index in [4.69, 9.17) is 0 Å². The number of nitrogens with one attached hydrogen (secondary N) is 2. The van der Waals surface area contributed by atoms with Crippen molar-refractivity contribution in [2.24, 2.45) is 0 Å². The number of rotatable bonds is 10. The predicted octanol–water partition coefficient (Wildman–Crippen LogP) is 2.36. The molecule has 0 saturated carbocycles. The van der Waals surface area contributed by atoms with Gasteiger partial charge in [0.15, 0.2) is 0 Å². The van der Waals surface area contributed by atoms with Gasteiger partial charge < -0.3 is 5.32 Å². The van der Waals surface area contributed by atoms with Crippen molar-refractivity contribution in [1.82, 2.24) is 10.0 Å². The highest BCUT2D eigenvalue weighted by atomic mass is 32.2. The van der Waals surface area contributed by atoms with Gasteiger partial charge in [0.25, 0.3) is 0 Å². The summed E-state index contributed by atoms with van der Waals surface area (Å²) in [5, 5.41) is 2.91. The lowest BCUT2D eigenvalue weighted by molar-refractivity contribution is 0.553. The van der Waals surface area contributed by atoms with Gasteiger partial charge in [-0.15, -0.1) is 0 Å². The molecule has 0 saturated heterocycles. The Hall–Kier alpha value is -0.630. The molecule has 120 valence electrons. The fourth-order valence-corrected chi connectivity index (χ4v) is 3.59. The van der Waals surface area contributed by atoms with E-state index in [2.05, 4.69) is 10.0 Å². The fourth-order valence-electron chi connectivity index (χ4n) is 1.90. The molecule has 0 radical (unpaired) electrons. The molecule has 1 rings (SSSR count). The summed E-state index contributed by atoms with van der Waals surface area (Å²) in [6.07, 6.45) is 4.84. The number of hydrogen-bond acceptors (Lipinski definition) is 4. The molecule has 7 heteroatoms. The molecule has 0 atom stereocenters. The Morgan fingerprint density at radius 3 is 2.67 bits per heavy atom. The van der Waals surface area contributed by atoms with Gasteiger partial charge in [-0.2, -0.15) is 11.8 Å². The molecular weight excluding hydrogens is 311 g/mol. The van der Waals surface area contributed by atoms with Crippen molar-refractivity contribution in [2.75, 3.05) is 25.6 Å². The van der Waals surface area contributed by atoms with E-state index in [1.165, 1.54) is 12.1 Å². The maximum atomic E-state index is 13.7. The Kier molecular flexibility index (Phi) is 8.24. The van der Waals surface area contributed by atoms with Crippen molar-refractivity contribution in [3.63, 3.8) is 0 Å². The van der Waals surface area contributed by atoms with Crippen LogP contribution in [0.15, 0.2) is 23.1 Å². The molecule has 1 aromatic rings. The van der Waals surface area contributed by atoms with Crippen molar-refractivity contribution < 1.29 is 12.8 Å². The SMILES string of the molecule is CNCc1ccc(F)c(S(=O)(=O)NCCCCCSC)c1. The molecule has 21 heavy (non-hydrogen) atoms. The highest BCUT2D eigenvalue weighted by Gasteiger charge is 2.18. The van der Waals surface area contributed by atoms with Crippen molar-refractivity contribution >= 4 is 21.8 Å². The summed E-state index contributed by atoms with van der Waals surface area (Å²) in [4.78, 5) is -0.278. The van der Waals surface area contributed by atoms with Gasteiger partial charge in [-0.3, -0.25) is 0 Å². The number of thioether (sulfide) groups is 1. The molecule has 0 aliphatic carbocycles. The Morgan fingerprint density at radius 2 is 2.00 bits per heavy atom. The Balaban J connectivity index is 2.63. The first-order valence-corrected chi connectivity index (χ1v) is 9.80. The molecule has 0 aliphatic rings. The minimum absolute atomic E-state index is 0.278. The number of benzene rings is 1. The monoisotopic (exact) mass is 334 g/mol. The molecule has 1 aromatic carbocycles. The minimum Gasteiger partial charge on any atom is -0.316 e. The zero-order valence-electron chi connectivity index (χ0n) is 12.5. The van der Waals surface area contributed by atoms with Gasteiger partial charge in [0.2, 0.25) is 10.0 Å². The Morgan fingerprint density at radius 1 is 1.24 bits per heavy atom. The van der Waals surface area contributed by atoms with E-state index < -0.39 is 15.8 Å². The average Bonchev–Trinajstić information content (AvgIpc) is 2.45. The largest absolute Gasteiger partial charge is 0.316 e. The molecule has 0 amide bonds. The average molecular weight is 334 g/mol. The first-order chi connectivity index (χ1) is 10.0. The number of sulfonamides is 1. The third-order valence-corrected chi connectivity index (χ3v) is 5.16. The van der Waals surface area contributed by atoms with E-state index in [-0.39, 0.29) is 4.90 Å². The number of hydrogen-bond donors (Lipinski definition) is 2. The van der Waals surface area contributed by atoms with Gasteiger partial charge >= 0.3 is 0 Å². The van der Waals surface area contributed by atoms with Gasteiger partial charge in [0.05, 0.1) is 0 Å². The highest BCUT2D eigenvalue weighted by molar-refractivity contribution is 7.98. The van der Waals surface area contributed by atoms with Crippen LogP contribution in [-0.2, 0) is 16.6 Å². The smallest absolute Gasteiger partial charge is 0.243 e. The second kappa shape index (κ2) is 9.40. The van der Waals surface area contributed by atoms with Crippen LogP contribution < -0.4 is 10.0 Å². The van der Waals surface area contributed by atoms with Gasteiger partial charge in [0.1, 0.15) is 10.7 Å². The topological polar surface area (TPSA) is 58.2 Å². The molecule has 0 fully saturated rings. The number of unbranched alkanes of at least 4 members (excludes halogenated alkanes) is 2. The quantitative estimate of drug-likeness (QED) is 0.645. The minimum atomic E-state index is -3.78. The van der Waals surface area contributed by atoms with Crippen molar-refractivity contribution in [3.05, 3.63) is 29.6 Å². The molecule has 0 aliphatic heterocycles. The summed E-state index contributed by atoms with van der Waals surface area (Å²) in [6, 6.07) is 4.15. The van der Waals surface area contributed by atoms with Crippen LogP contribution >= 0.6 is 11.8 Å². The van der Waals surface area contributed by atoms with Gasteiger partial charge in [-0.1, -0.05) is 12.5 Å². The van der Waals surface area contributed by atoms with Crippen molar-refractivity contribution in [3.8, 4) is 0 Å². The standard InChI is InChI=1S/C14H23FN2O2S2/c1-16-11-12-6-7-13(15)14(10-12)21(18,19)17-8-4-3-5-9-20-2/h6-7,10,16-17H,3-5,8-9,11H2,1-2H3. The summed E-state index contributed by atoms with van der Waals surface area (Å²) in [5.41, 5.74) is 0.735. The summed E-state index contributed by atoms with van der Waals surface area (Å²) >= 11 is 1.78. The first kappa shape index (κ1) is 18.4. The third kappa shape index (κ3) is 6.34. The molecule has 4 nitrogen and oxygen atoms in total. The number of halogens is 1. The summed E-state index contributed by atoms with van der Waals surface area (Å²) in [6.45, 7) is 0.837. The van der Waals surface area contributed by atoms with Gasteiger partial charge in [-0.05, 0) is 49.6 Å². The van der Waals surface area contributed by atoms with Crippen LogP contribution in [0.2, 0.25) is 0 Å². The van der Waals surface area contributed by atoms with E-state index in [1.54, 1.807) is 24.9 Å². The molecule has 2 N–H and O–H groups in total. The zero-order chi connectivity index (χ0) is 15.7. The lowest BCUT2D eigenvalue weighted by Gasteiger charge is -2.09. The Bertz CT molecular complexity index is 536. The first-order valence-electron chi connectivity index (χ1n) is 6.93. The third-order valence-electron chi connectivity index (χ3n) is 2.98. The summed E-state index contributed by atoms with van der Waals surface area (Å²) in [5.74, 6) is 0.359. The predicted molar refractivity (Wildman–Crippen MR) is 86.6 cm³/mol. The zero-order valence-corrected chi connectivity index (χ0v) is 14.1. The van der Waals surface area contributed by atoms with Crippen LogP contribution in [0.5, 0.6) is 0 Å². The maximum Gasteiger partial charge on any atom is 0.243 e. The molecule has 0 unspecified atom stereocenters. The molecular formula is C14H23FN2O2S2. The van der Waals surface area contributed by atoms with E-state index in [1.807, 2.05) is 6.26 Å². The van der Waals surface area contributed by atoms with E-state index in [0.29, 0.717) is 13.1 Å². The van der Waals surface area contributed by atoms with Crippen LogP contribution in [0.25, 0.3) is 0 Å². The molecule has 0 aromatic heterocycles. The van der Waals surface area contributed by atoms with Crippen LogP contribution in [0.4, 0.5) is 4.39 Å². The highest BCUT2D eigenvalue weighted by Crippen LogP contribution is 2.16. The second-order valence-electron chi connectivity index (χ2n) is 4.75. The van der Waals surface area contributed by atoms with Crippen LogP contribution in [0.1, 0.15) is 24.8 Å².